The molecule has 3 aliphatic carbocycles. The van der Waals surface area contributed by atoms with E-state index >= 15 is 0 Å². The van der Waals surface area contributed by atoms with E-state index in [1.54, 1.807) is 31.2 Å². The number of nitrogens with zero attached hydrogens (tertiary/aromatic N) is 2. The summed E-state index contributed by atoms with van der Waals surface area (Å²) in [5.41, 5.74) is -2.33. The number of para-hydroxylation sites is 2. The Labute approximate surface area is 335 Å². The second-order valence-electron chi connectivity index (χ2n) is 15.7. The number of aromatic amines is 1. The number of carboxylic acid groups (broad SMARTS) is 1. The number of likely N-dealkylation sites (tertiary alicyclic amines) is 1. The Morgan fingerprint density at radius 3 is 2.39 bits per heavy atom. The standard InChI is InChI=1S/C18H26N4O7S.C17H18F2N2O2.C4H10.3H2/c1-3-11-9-18(11,15(25)21-30(28,29)17(2)6-7-17)20-14(24)12-5-4-8-22(12)13(23)10-19-16(26)27;18-17(19,10-5-11-23-12-6-1-2-7-12)15-16(22)21-14-9-4-3-8-13(14)20-15;1-4(2)3;;;/h3,11-12,19H,1,4-10H2,2H3,(H,20,24)(H,21,25)(H,26,27);3-5,8-10,12H,1-2,6-7,11H2,(H,21,22);4H,1-3H3;3*1H/b;10-5+;;;;/t11-,12+,18-;;;;;/m1...../s1. The van der Waals surface area contributed by atoms with Crippen LogP contribution in [0.5, 0.6) is 0 Å². The second kappa shape index (κ2) is 18.7. The van der Waals surface area contributed by atoms with Crippen LogP contribution in [0.1, 0.15) is 95.5 Å². The molecule has 2 heterocycles. The van der Waals surface area contributed by atoms with Crippen LogP contribution in [-0.2, 0) is 35.1 Å². The van der Waals surface area contributed by atoms with E-state index in [1.807, 2.05) is 5.32 Å². The highest BCUT2D eigenvalue weighted by atomic mass is 32.2. The number of ether oxygens (including phenoxy) is 1. The smallest absolute Gasteiger partial charge is 0.405 e. The summed E-state index contributed by atoms with van der Waals surface area (Å²) in [4.78, 5) is 67.9. The van der Waals surface area contributed by atoms with Gasteiger partial charge in [-0.05, 0) is 76.0 Å². The molecule has 5 N–H and O–H groups in total. The van der Waals surface area contributed by atoms with E-state index in [-0.39, 0.29) is 30.0 Å². The Morgan fingerprint density at radius 1 is 1.14 bits per heavy atom. The molecule has 3 saturated carbocycles. The first-order valence-corrected chi connectivity index (χ1v) is 20.7. The van der Waals surface area contributed by atoms with Crippen molar-refractivity contribution in [2.45, 2.75) is 114 Å². The Kier molecular flexibility index (Phi) is 14.8. The van der Waals surface area contributed by atoms with Gasteiger partial charge in [0.15, 0.2) is 5.69 Å². The van der Waals surface area contributed by atoms with Gasteiger partial charge in [0.25, 0.3) is 11.5 Å². The number of aromatic nitrogens is 2. The van der Waals surface area contributed by atoms with Crippen LogP contribution in [-0.4, -0.2) is 94.3 Å². The number of fused-ring (bicyclic) bond motifs is 1. The predicted molar refractivity (Wildman–Crippen MR) is 215 cm³/mol. The van der Waals surface area contributed by atoms with Crippen LogP contribution in [0.15, 0.2) is 53.9 Å². The van der Waals surface area contributed by atoms with Gasteiger partial charge >= 0.3 is 12.0 Å². The van der Waals surface area contributed by atoms with Gasteiger partial charge in [-0.25, -0.2) is 18.2 Å². The van der Waals surface area contributed by atoms with Crippen molar-refractivity contribution in [2.75, 3.05) is 19.7 Å². The fraction of sp³-hybridized carbons (Fsp3) is 0.590. The van der Waals surface area contributed by atoms with Crippen LogP contribution in [0.4, 0.5) is 13.6 Å². The number of sulfonamides is 1. The maximum absolute atomic E-state index is 14.2. The topological polar surface area (TPSA) is 217 Å². The molecule has 57 heavy (non-hydrogen) atoms. The normalized spacial score (nSPS) is 22.5. The summed E-state index contributed by atoms with van der Waals surface area (Å²) in [7, 11) is -3.87. The second-order valence-corrected chi connectivity index (χ2v) is 17.9. The molecule has 4 fully saturated rings. The van der Waals surface area contributed by atoms with Crippen molar-refractivity contribution in [3.63, 3.8) is 0 Å². The third kappa shape index (κ3) is 11.7. The van der Waals surface area contributed by atoms with E-state index in [4.69, 9.17) is 9.84 Å². The van der Waals surface area contributed by atoms with E-state index in [9.17, 15) is 41.2 Å². The van der Waals surface area contributed by atoms with Crippen LogP contribution in [0.3, 0.4) is 0 Å². The minimum Gasteiger partial charge on any atom is -0.465 e. The summed E-state index contributed by atoms with van der Waals surface area (Å²) in [6.07, 6.45) is 8.50. The predicted octanol–water partition coefficient (Wildman–Crippen LogP) is 5.24. The molecule has 0 bridgehead atoms. The van der Waals surface area contributed by atoms with Crippen LogP contribution >= 0.6 is 0 Å². The van der Waals surface area contributed by atoms with Gasteiger partial charge in [-0.15, -0.1) is 6.58 Å². The Bertz CT molecular complexity index is 2010. The number of carbonyl (C=O) groups is 4. The molecule has 1 aliphatic heterocycles. The fourth-order valence-corrected chi connectivity index (χ4v) is 7.80. The highest BCUT2D eigenvalue weighted by molar-refractivity contribution is 7.91. The molecule has 3 atom stereocenters. The van der Waals surface area contributed by atoms with Crippen molar-refractivity contribution in [1.82, 2.24) is 30.2 Å². The number of H-pyrrole nitrogens is 1. The minimum atomic E-state index is -3.87. The number of nitrogens with one attached hydrogen (secondary N) is 4. The first-order valence-electron chi connectivity index (χ1n) is 19.2. The summed E-state index contributed by atoms with van der Waals surface area (Å²) in [5.74, 6) is -4.96. The van der Waals surface area contributed by atoms with E-state index in [0.29, 0.717) is 42.8 Å². The van der Waals surface area contributed by atoms with Gasteiger partial charge in [0, 0.05) is 16.7 Å². The number of hydrogen-bond donors (Lipinski definition) is 5. The summed E-state index contributed by atoms with van der Waals surface area (Å²) in [6.45, 7) is 11.6. The Balaban J connectivity index is 0.000000539. The van der Waals surface area contributed by atoms with Gasteiger partial charge in [-0.1, -0.05) is 57.9 Å². The molecule has 0 spiro atoms. The molecule has 6 rings (SSSR count). The van der Waals surface area contributed by atoms with Crippen LogP contribution < -0.4 is 20.9 Å². The monoisotopic (exact) mass is 826 g/mol. The van der Waals surface area contributed by atoms with E-state index in [0.717, 1.165) is 31.6 Å². The van der Waals surface area contributed by atoms with E-state index < -0.39 is 79.8 Å². The number of halogens is 2. The number of carbonyl (C=O) groups excluding carboxylic acids is 3. The maximum atomic E-state index is 14.2. The number of rotatable bonds is 13. The molecule has 2 aromatic rings. The van der Waals surface area contributed by atoms with Crippen molar-refractivity contribution in [1.29, 1.82) is 0 Å². The number of alkyl halides is 2. The zero-order valence-electron chi connectivity index (χ0n) is 32.8. The van der Waals surface area contributed by atoms with Crippen LogP contribution in [0, 0.1) is 11.8 Å². The zero-order valence-corrected chi connectivity index (χ0v) is 33.6. The lowest BCUT2D eigenvalue weighted by molar-refractivity contribution is -0.139. The van der Waals surface area contributed by atoms with Gasteiger partial charge in [0.05, 0.1) is 28.5 Å². The lowest BCUT2D eigenvalue weighted by atomic mass is 10.1. The van der Waals surface area contributed by atoms with Gasteiger partial charge in [-0.3, -0.25) is 23.9 Å². The van der Waals surface area contributed by atoms with Crippen LogP contribution in [0.25, 0.3) is 11.0 Å². The summed E-state index contributed by atoms with van der Waals surface area (Å²) < 4.78 is 59.9. The molecule has 15 nitrogen and oxygen atoms in total. The lowest BCUT2D eigenvalue weighted by Crippen LogP contribution is -2.57. The molecule has 0 radical (unpaired) electrons. The molecule has 4 aliphatic rings. The number of allylic oxidation sites excluding steroid dienone is 1. The number of amides is 4. The van der Waals surface area contributed by atoms with E-state index in [2.05, 4.69) is 47.4 Å². The Hall–Kier alpha value is -4.71. The minimum absolute atomic E-state index is 0. The van der Waals surface area contributed by atoms with Crippen molar-refractivity contribution in [2.24, 2.45) is 11.8 Å². The maximum Gasteiger partial charge on any atom is 0.405 e. The van der Waals surface area contributed by atoms with Crippen molar-refractivity contribution in [3.05, 3.63) is 65.1 Å². The molecule has 4 amide bonds. The molecule has 0 unspecified atom stereocenters. The van der Waals surface area contributed by atoms with Crippen molar-refractivity contribution in [3.8, 4) is 0 Å². The highest BCUT2D eigenvalue weighted by Gasteiger charge is 2.62. The first-order chi connectivity index (χ1) is 26.7. The fourth-order valence-electron chi connectivity index (χ4n) is 6.49. The Morgan fingerprint density at radius 2 is 1.79 bits per heavy atom. The van der Waals surface area contributed by atoms with E-state index in [1.165, 1.54) is 17.1 Å². The molecule has 1 aromatic carbocycles. The van der Waals surface area contributed by atoms with Gasteiger partial charge in [0.2, 0.25) is 21.8 Å². The average molecular weight is 827 g/mol. The highest BCUT2D eigenvalue weighted by Crippen LogP contribution is 2.47. The largest absolute Gasteiger partial charge is 0.465 e. The summed E-state index contributed by atoms with van der Waals surface area (Å²) in [5, 5.41) is 13.3. The molecular formula is C39H60F2N6O9S. The van der Waals surface area contributed by atoms with Crippen molar-refractivity contribution >= 4 is 44.9 Å². The quantitative estimate of drug-likeness (QED) is 0.166. The van der Waals surface area contributed by atoms with Gasteiger partial charge in [0.1, 0.15) is 18.1 Å². The third-order valence-electron chi connectivity index (χ3n) is 10.1. The van der Waals surface area contributed by atoms with Crippen molar-refractivity contribution < 1.29 is 50.5 Å². The SMILES string of the molecule is C=C[C@@H]1C[C@]1(NC(=O)[C@@H]1CCCN1C(=O)CNC(=O)O)C(=O)NS(=O)(=O)C1(C)CC1.CC(C)C.O=c1[nH]c2ccccc2nc1C(F)(F)/C=C/COC1CCCC1.[HH].[HH].[HH]. The van der Waals surface area contributed by atoms with Gasteiger partial charge in [-0.2, -0.15) is 8.78 Å². The zero-order chi connectivity index (χ0) is 42.2. The molecule has 18 heteroatoms. The summed E-state index contributed by atoms with van der Waals surface area (Å²) >= 11 is 0. The molecule has 1 aromatic heterocycles. The van der Waals surface area contributed by atoms with Gasteiger partial charge < -0.3 is 30.4 Å². The summed E-state index contributed by atoms with van der Waals surface area (Å²) in [6, 6.07) is 5.73. The van der Waals surface area contributed by atoms with Crippen LogP contribution in [0.2, 0.25) is 0 Å². The lowest BCUT2D eigenvalue weighted by Gasteiger charge is -2.27. The molecule has 320 valence electrons. The third-order valence-corrected chi connectivity index (χ3v) is 12.3. The first kappa shape index (κ1) is 45.0. The molecular weight excluding hydrogens is 767 g/mol. The average Bonchev–Trinajstić information content (AvgIpc) is 3.88. The molecule has 1 saturated heterocycles. The number of hydrogen-bond acceptors (Lipinski definition) is 9. The number of benzene rings is 1.